The lowest BCUT2D eigenvalue weighted by Crippen LogP contribution is -2.32. The standard InChI is InChI=1S/C9H22OSi/c1-5-7-10-9-11(3,4)8-6-2/h5-9H2,1-4H3. The number of ether oxygens (including phenoxy) is 1. The summed E-state index contributed by atoms with van der Waals surface area (Å²) in [6.45, 7) is 10.2. The molecule has 0 atom stereocenters. The molecule has 0 unspecified atom stereocenters. The molecule has 0 heterocycles. The molecule has 2 heteroatoms. The molecule has 0 aliphatic carbocycles. The van der Waals surface area contributed by atoms with Crippen LogP contribution in [0.25, 0.3) is 0 Å². The second kappa shape index (κ2) is 5.78. The first-order valence-corrected chi connectivity index (χ1v) is 8.11. The molecule has 0 rings (SSSR count). The first-order valence-electron chi connectivity index (χ1n) is 4.70. The van der Waals surface area contributed by atoms with E-state index in [2.05, 4.69) is 26.9 Å². The predicted octanol–water partition coefficient (Wildman–Crippen LogP) is 3.07. The molecule has 0 spiro atoms. The molecule has 0 amide bonds. The van der Waals surface area contributed by atoms with Crippen molar-refractivity contribution < 1.29 is 4.74 Å². The van der Waals surface area contributed by atoms with Gasteiger partial charge in [0, 0.05) is 12.8 Å². The Bertz CT molecular complexity index is 91.6. The zero-order valence-corrected chi connectivity index (χ0v) is 9.44. The smallest absolute Gasteiger partial charge is 0.0776 e. The third kappa shape index (κ3) is 6.57. The molecule has 0 radical (unpaired) electrons. The van der Waals surface area contributed by atoms with Crippen LogP contribution in [0.4, 0.5) is 0 Å². The molecule has 0 N–H and O–H groups in total. The average molecular weight is 174 g/mol. The third-order valence-corrected chi connectivity index (χ3v) is 4.61. The van der Waals surface area contributed by atoms with Crippen LogP contribution < -0.4 is 0 Å². The van der Waals surface area contributed by atoms with Crippen LogP contribution in [0.1, 0.15) is 26.7 Å². The van der Waals surface area contributed by atoms with Gasteiger partial charge in [-0.1, -0.05) is 39.4 Å². The fourth-order valence-corrected chi connectivity index (χ4v) is 3.44. The zero-order valence-electron chi connectivity index (χ0n) is 8.44. The van der Waals surface area contributed by atoms with Crippen LogP contribution >= 0.6 is 0 Å². The molecule has 68 valence electrons. The monoisotopic (exact) mass is 174 g/mol. The Labute approximate surface area is 72.2 Å². The van der Waals surface area contributed by atoms with Gasteiger partial charge in [-0.3, -0.25) is 0 Å². The third-order valence-electron chi connectivity index (χ3n) is 1.77. The van der Waals surface area contributed by atoms with Gasteiger partial charge >= 0.3 is 0 Å². The zero-order chi connectivity index (χ0) is 8.74. The van der Waals surface area contributed by atoms with E-state index in [4.69, 9.17) is 4.74 Å². The molecular formula is C9H22OSi. The van der Waals surface area contributed by atoms with Gasteiger partial charge in [0.1, 0.15) is 0 Å². The summed E-state index contributed by atoms with van der Waals surface area (Å²) in [5.74, 6) is 0. The SMILES string of the molecule is CCCOC[Si](C)(C)CCC. The van der Waals surface area contributed by atoms with E-state index in [1.807, 2.05) is 0 Å². The summed E-state index contributed by atoms with van der Waals surface area (Å²) >= 11 is 0. The largest absolute Gasteiger partial charge is 0.385 e. The molecule has 0 bridgehead atoms. The van der Waals surface area contributed by atoms with Gasteiger partial charge in [0.05, 0.1) is 8.07 Å². The summed E-state index contributed by atoms with van der Waals surface area (Å²) in [6, 6.07) is 1.40. The van der Waals surface area contributed by atoms with Gasteiger partial charge in [-0.05, 0) is 6.42 Å². The molecule has 0 aromatic carbocycles. The second-order valence-electron chi connectivity index (χ2n) is 3.97. The summed E-state index contributed by atoms with van der Waals surface area (Å²) in [7, 11) is -0.963. The fourth-order valence-electron chi connectivity index (χ4n) is 1.24. The van der Waals surface area contributed by atoms with Crippen LogP contribution in [0, 0.1) is 0 Å². The van der Waals surface area contributed by atoms with Crippen molar-refractivity contribution in [3.8, 4) is 0 Å². The topological polar surface area (TPSA) is 9.23 Å². The van der Waals surface area contributed by atoms with E-state index >= 15 is 0 Å². The minimum absolute atomic E-state index is 0.945. The molecule has 0 saturated carbocycles. The van der Waals surface area contributed by atoms with Crippen molar-refractivity contribution in [3.63, 3.8) is 0 Å². The van der Waals surface area contributed by atoms with Crippen molar-refractivity contribution in [1.29, 1.82) is 0 Å². The van der Waals surface area contributed by atoms with E-state index < -0.39 is 8.07 Å². The maximum absolute atomic E-state index is 5.56. The van der Waals surface area contributed by atoms with E-state index in [1.165, 1.54) is 12.5 Å². The maximum atomic E-state index is 5.56. The van der Waals surface area contributed by atoms with E-state index in [0.717, 1.165) is 19.3 Å². The van der Waals surface area contributed by atoms with Gasteiger partial charge in [-0.25, -0.2) is 0 Å². The fraction of sp³-hybridized carbons (Fsp3) is 1.00. The van der Waals surface area contributed by atoms with Crippen LogP contribution in [0.5, 0.6) is 0 Å². The van der Waals surface area contributed by atoms with Crippen molar-refractivity contribution in [1.82, 2.24) is 0 Å². The Morgan fingerprint density at radius 1 is 1.09 bits per heavy atom. The molecular weight excluding hydrogens is 152 g/mol. The Kier molecular flexibility index (Phi) is 5.87. The number of hydrogen-bond acceptors (Lipinski definition) is 1. The highest BCUT2D eigenvalue weighted by Gasteiger charge is 2.18. The van der Waals surface area contributed by atoms with E-state index in [1.54, 1.807) is 0 Å². The van der Waals surface area contributed by atoms with Crippen molar-refractivity contribution in [2.24, 2.45) is 0 Å². The molecule has 0 aliphatic rings. The van der Waals surface area contributed by atoms with Crippen LogP contribution in [0.2, 0.25) is 19.1 Å². The molecule has 0 fully saturated rings. The van der Waals surface area contributed by atoms with Gasteiger partial charge < -0.3 is 4.74 Å². The Hall–Kier alpha value is 0.177. The van der Waals surface area contributed by atoms with E-state index in [0.29, 0.717) is 0 Å². The van der Waals surface area contributed by atoms with Crippen molar-refractivity contribution in [2.75, 3.05) is 12.8 Å². The van der Waals surface area contributed by atoms with E-state index in [-0.39, 0.29) is 0 Å². The predicted molar refractivity (Wildman–Crippen MR) is 53.7 cm³/mol. The minimum atomic E-state index is -0.963. The van der Waals surface area contributed by atoms with Gasteiger partial charge in [0.25, 0.3) is 0 Å². The van der Waals surface area contributed by atoms with Crippen LogP contribution in [-0.2, 0) is 4.74 Å². The van der Waals surface area contributed by atoms with Crippen LogP contribution in [0.15, 0.2) is 0 Å². The first kappa shape index (κ1) is 11.2. The van der Waals surface area contributed by atoms with E-state index in [9.17, 15) is 0 Å². The van der Waals surface area contributed by atoms with Gasteiger partial charge in [0.15, 0.2) is 0 Å². The van der Waals surface area contributed by atoms with Crippen LogP contribution in [-0.4, -0.2) is 20.9 Å². The summed E-state index contributed by atoms with van der Waals surface area (Å²) in [5.41, 5.74) is 0. The number of hydrogen-bond donors (Lipinski definition) is 0. The summed E-state index contributed by atoms with van der Waals surface area (Å²) < 4.78 is 5.56. The Morgan fingerprint density at radius 3 is 2.18 bits per heavy atom. The lowest BCUT2D eigenvalue weighted by molar-refractivity contribution is 0.173. The van der Waals surface area contributed by atoms with Crippen molar-refractivity contribution in [2.45, 2.75) is 45.8 Å². The lowest BCUT2D eigenvalue weighted by Gasteiger charge is -2.20. The minimum Gasteiger partial charge on any atom is -0.385 e. The Balaban J connectivity index is 3.38. The molecule has 0 aromatic heterocycles. The molecule has 0 aromatic rings. The highest BCUT2D eigenvalue weighted by molar-refractivity contribution is 6.77. The molecule has 11 heavy (non-hydrogen) atoms. The van der Waals surface area contributed by atoms with Crippen LogP contribution in [0.3, 0.4) is 0 Å². The lowest BCUT2D eigenvalue weighted by atomic mass is 10.5. The molecule has 1 nitrogen and oxygen atoms in total. The number of rotatable bonds is 6. The van der Waals surface area contributed by atoms with Gasteiger partial charge in [-0.15, -0.1) is 0 Å². The summed E-state index contributed by atoms with van der Waals surface area (Å²) in [5, 5.41) is 0. The van der Waals surface area contributed by atoms with Crippen molar-refractivity contribution in [3.05, 3.63) is 0 Å². The maximum Gasteiger partial charge on any atom is 0.0776 e. The average Bonchev–Trinajstić information content (AvgIpc) is 1.87. The summed E-state index contributed by atoms with van der Waals surface area (Å²) in [4.78, 5) is 0. The first-order chi connectivity index (χ1) is 5.12. The molecule has 0 aliphatic heterocycles. The molecule has 0 saturated heterocycles. The quantitative estimate of drug-likeness (QED) is 0.444. The van der Waals surface area contributed by atoms with Gasteiger partial charge in [-0.2, -0.15) is 0 Å². The highest BCUT2D eigenvalue weighted by Crippen LogP contribution is 2.11. The van der Waals surface area contributed by atoms with Crippen molar-refractivity contribution >= 4 is 8.07 Å². The normalized spacial score (nSPS) is 12.0. The Morgan fingerprint density at radius 2 is 1.73 bits per heavy atom. The second-order valence-corrected chi connectivity index (χ2v) is 9.08. The highest BCUT2D eigenvalue weighted by atomic mass is 28.3. The summed E-state index contributed by atoms with van der Waals surface area (Å²) in [6.07, 6.45) is 3.51. The van der Waals surface area contributed by atoms with Gasteiger partial charge in [0.2, 0.25) is 0 Å².